The van der Waals surface area contributed by atoms with Crippen molar-refractivity contribution in [2.24, 2.45) is 0 Å². The van der Waals surface area contributed by atoms with Gasteiger partial charge in [0.1, 0.15) is 0 Å². The number of rotatable bonds is 0. The van der Waals surface area contributed by atoms with Crippen LogP contribution in [0.1, 0.15) is 0 Å². The van der Waals surface area contributed by atoms with E-state index >= 15 is 0 Å². The molecule has 0 unspecified atom stereocenters. The summed E-state index contributed by atoms with van der Waals surface area (Å²) in [5.41, 5.74) is 5.83. The molecule has 7 heterocycles. The summed E-state index contributed by atoms with van der Waals surface area (Å²) in [7, 11) is 0. The Morgan fingerprint density at radius 3 is 0.750 bits per heavy atom. The van der Waals surface area contributed by atoms with Crippen LogP contribution >= 0.6 is 0 Å². The molecule has 0 radical (unpaired) electrons. The molecule has 12 bridgehead atoms. The van der Waals surface area contributed by atoms with Gasteiger partial charge in [-0.15, -0.1) is 0 Å². The molecule has 312 valence electrons. The van der Waals surface area contributed by atoms with Gasteiger partial charge in [-0.3, -0.25) is 19.9 Å². The molecule has 0 fully saturated rings. The molecule has 0 spiro atoms. The predicted octanol–water partition coefficient (Wildman–Crippen LogP) is 14.2. The Morgan fingerprint density at radius 1 is 0.235 bits per heavy atom. The zero-order valence-corrected chi connectivity index (χ0v) is 36.3. The fraction of sp³-hybridized carbons (Fsp3) is 0. The number of hydrogen-bond donors (Lipinski definition) is 0. The quantitative estimate of drug-likeness (QED) is 0.151. The molecular formula is C62H34N6. The van der Waals surface area contributed by atoms with Crippen LogP contribution in [0.15, 0.2) is 207 Å². The Hall–Kier alpha value is -9.98. The van der Waals surface area contributed by atoms with E-state index in [4.69, 9.17) is 29.9 Å². The van der Waals surface area contributed by atoms with Gasteiger partial charge in [-0.1, -0.05) is 109 Å². The highest BCUT2D eigenvalue weighted by Gasteiger charge is 2.02. The minimum atomic E-state index is 0.726. The molecule has 68 heavy (non-hydrogen) atoms. The second-order valence-corrected chi connectivity index (χ2v) is 15.7. The topological polar surface area (TPSA) is 77.3 Å². The molecule has 0 amide bonds. The number of nitrogens with zero attached hydrogens (tertiary/aromatic N) is 6. The zero-order valence-electron chi connectivity index (χ0n) is 36.3. The van der Waals surface area contributed by atoms with Crippen LogP contribution in [0.25, 0.3) is 109 Å². The van der Waals surface area contributed by atoms with Crippen molar-refractivity contribution in [3.63, 3.8) is 0 Å². The van der Waals surface area contributed by atoms with Crippen LogP contribution in [-0.4, -0.2) is 29.9 Å². The summed E-state index contributed by atoms with van der Waals surface area (Å²) in [6, 6.07) is 86.1. The normalized spacial score (nSPS) is 10.5. The van der Waals surface area contributed by atoms with E-state index in [1.165, 1.54) is 0 Å². The zero-order chi connectivity index (χ0) is 45.5. The van der Waals surface area contributed by atoms with Gasteiger partial charge in [0.05, 0.1) is 44.1 Å². The monoisotopic (exact) mass is 862 g/mol. The number of aromatic nitrogens is 6. The molecule has 6 nitrogen and oxygen atoms in total. The number of hydrogen-bond acceptors (Lipinski definition) is 6. The van der Waals surface area contributed by atoms with E-state index in [-0.39, 0.29) is 0 Å². The van der Waals surface area contributed by atoms with Crippen molar-refractivity contribution in [2.75, 3.05) is 0 Å². The van der Waals surface area contributed by atoms with Crippen molar-refractivity contribution in [2.45, 2.75) is 0 Å². The van der Waals surface area contributed by atoms with Crippen LogP contribution in [0.3, 0.4) is 0 Å². The van der Waals surface area contributed by atoms with Gasteiger partial charge in [-0.05, 0) is 164 Å². The first-order chi connectivity index (χ1) is 33.7. The molecule has 0 aliphatic heterocycles. The van der Waals surface area contributed by atoms with Crippen molar-refractivity contribution in [3.05, 3.63) is 255 Å². The van der Waals surface area contributed by atoms with E-state index in [0.717, 1.165) is 109 Å². The maximum Gasteiger partial charge on any atom is 0.0894 e. The number of pyridine rings is 6. The van der Waals surface area contributed by atoms with Crippen LogP contribution < -0.4 is 0 Å². The highest BCUT2D eigenvalue weighted by atomic mass is 14.8. The summed E-state index contributed by atoms with van der Waals surface area (Å²) >= 11 is 0. The van der Waals surface area contributed by atoms with Gasteiger partial charge < -0.3 is 0 Å². The van der Waals surface area contributed by atoms with Gasteiger partial charge in [-0.25, -0.2) is 9.97 Å². The lowest BCUT2D eigenvalue weighted by Gasteiger charge is -1.99. The molecule has 0 aliphatic rings. The Morgan fingerprint density at radius 2 is 0.485 bits per heavy atom. The molecule has 0 aliphatic carbocycles. The third-order valence-electron chi connectivity index (χ3n) is 11.5. The molecule has 0 atom stereocenters. The molecule has 7 aromatic heterocycles. The number of fused-ring (bicyclic) bond motifs is 24. The van der Waals surface area contributed by atoms with E-state index in [9.17, 15) is 0 Å². The minimum Gasteiger partial charge on any atom is -0.255 e. The van der Waals surface area contributed by atoms with Crippen LogP contribution in [0, 0.1) is 48.5 Å². The van der Waals surface area contributed by atoms with Gasteiger partial charge in [0, 0.05) is 46.3 Å². The van der Waals surface area contributed by atoms with Crippen LogP contribution in [-0.2, 0) is 0 Å². The fourth-order valence-electron chi connectivity index (χ4n) is 8.16. The van der Waals surface area contributed by atoms with Crippen LogP contribution in [0.5, 0.6) is 0 Å². The standard InChI is InChI=1S/C62H34N6/c1-2-16-44-20-6-10-24-52(44)48-32-36-64-60(40-48)56-28-14-30-58(68-56)62-42-50(34-38-66-62)54-26-12-8-22-46(54)18-4-3-17-45-21-7-11-25-53(45)49-33-37-65-61(41-49)57-29-13-27-55(67-57)59-39-47(31-35-63-59)51-23-9-5-19-43(51)15-1/h5-14,19-42H. The third-order valence-corrected chi connectivity index (χ3v) is 11.5. The first-order valence-corrected chi connectivity index (χ1v) is 21.9. The summed E-state index contributed by atoms with van der Waals surface area (Å²) < 4.78 is 0. The second-order valence-electron chi connectivity index (χ2n) is 15.7. The van der Waals surface area contributed by atoms with Crippen molar-refractivity contribution in [1.29, 1.82) is 0 Å². The average Bonchev–Trinajstić information content (AvgIpc) is 3.41. The maximum absolute atomic E-state index is 5.06. The average molecular weight is 863 g/mol. The molecule has 0 saturated carbocycles. The summed E-state index contributed by atoms with van der Waals surface area (Å²) in [5.74, 6) is 0. The summed E-state index contributed by atoms with van der Waals surface area (Å²) in [4.78, 5) is 29.1. The van der Waals surface area contributed by atoms with Gasteiger partial charge in [-0.2, -0.15) is 0 Å². The minimum absolute atomic E-state index is 0.726. The maximum atomic E-state index is 5.06. The predicted molar refractivity (Wildman–Crippen MR) is 276 cm³/mol. The lowest BCUT2D eigenvalue weighted by Crippen LogP contribution is -1.83. The third kappa shape index (κ3) is 8.65. The second kappa shape index (κ2) is 18.6. The molecular weight excluding hydrogens is 829 g/mol. The van der Waals surface area contributed by atoms with Crippen molar-refractivity contribution in [1.82, 2.24) is 29.9 Å². The van der Waals surface area contributed by atoms with E-state index in [1.807, 2.05) is 158 Å². The lowest BCUT2D eigenvalue weighted by atomic mass is 10.1. The highest BCUT2D eigenvalue weighted by Crippen LogP contribution is 2.24. The first-order valence-electron chi connectivity index (χ1n) is 21.9. The highest BCUT2D eigenvalue weighted by molar-refractivity contribution is 6.02. The summed E-state index contributed by atoms with van der Waals surface area (Å²) in [6.07, 6.45) is 7.23. The van der Waals surface area contributed by atoms with Gasteiger partial charge in [0.25, 0.3) is 0 Å². The Bertz CT molecular complexity index is 3660. The SMILES string of the molecule is c1c#cc2ccccc2c2ccnc(c2)c2cccc(n2)c2cc(ccn2)c2ccccc2c#cc#cc2ccccc2c2ccnc(c2)c2cccc(n2)c2cc(ccn2)c2ccccc2c#1. The van der Waals surface area contributed by atoms with Gasteiger partial charge >= 0.3 is 0 Å². The Balaban J connectivity index is 1.17. The van der Waals surface area contributed by atoms with E-state index in [1.54, 1.807) is 24.8 Å². The summed E-state index contributed by atoms with van der Waals surface area (Å²) in [5, 5.41) is 11.1. The van der Waals surface area contributed by atoms with Crippen molar-refractivity contribution >= 4 is 109 Å². The van der Waals surface area contributed by atoms with Crippen LogP contribution in [0.4, 0.5) is 0 Å². The Labute approximate surface area is 392 Å². The number of benzene rings is 4. The van der Waals surface area contributed by atoms with Crippen LogP contribution in [0.2, 0.25) is 0 Å². The summed E-state index contributed by atoms with van der Waals surface area (Å²) in [6.45, 7) is 0. The first kappa shape index (κ1) is 40.8. The molecule has 0 saturated heterocycles. The van der Waals surface area contributed by atoms with E-state index in [0.29, 0.717) is 0 Å². The Kier molecular flexibility index (Phi) is 11.2. The van der Waals surface area contributed by atoms with Crippen molar-refractivity contribution in [3.8, 4) is 0 Å². The molecule has 0 N–H and O–H groups in total. The smallest absolute Gasteiger partial charge is 0.0894 e. The molecule has 4 aromatic carbocycles. The van der Waals surface area contributed by atoms with Gasteiger partial charge in [0.2, 0.25) is 0 Å². The van der Waals surface area contributed by atoms with Gasteiger partial charge in [0.15, 0.2) is 0 Å². The molecule has 11 rings (SSSR count). The fourth-order valence-corrected chi connectivity index (χ4v) is 8.16. The molecule has 11 aromatic rings. The lowest BCUT2D eigenvalue weighted by molar-refractivity contribution is 1.38. The largest absolute Gasteiger partial charge is 0.255 e. The van der Waals surface area contributed by atoms with E-state index in [2.05, 4.69) is 72.8 Å². The van der Waals surface area contributed by atoms with Crippen molar-refractivity contribution < 1.29 is 0 Å². The van der Waals surface area contributed by atoms with E-state index < -0.39 is 0 Å². The molecule has 6 heteroatoms.